The van der Waals surface area contributed by atoms with Crippen molar-refractivity contribution < 1.29 is 24.1 Å². The zero-order valence-electron chi connectivity index (χ0n) is 13.3. The van der Waals surface area contributed by atoms with Crippen LogP contribution in [-0.4, -0.2) is 44.1 Å². The van der Waals surface area contributed by atoms with Gasteiger partial charge in [-0.15, -0.1) is 0 Å². The van der Waals surface area contributed by atoms with Gasteiger partial charge in [-0.2, -0.15) is 0 Å². The van der Waals surface area contributed by atoms with Crippen LogP contribution in [-0.2, 0) is 14.3 Å². The molecule has 0 saturated carbocycles. The molecule has 0 aliphatic carbocycles. The van der Waals surface area contributed by atoms with Crippen molar-refractivity contribution in [3.63, 3.8) is 0 Å². The van der Waals surface area contributed by atoms with Crippen LogP contribution in [0.5, 0.6) is 5.75 Å². The van der Waals surface area contributed by atoms with Gasteiger partial charge in [0.15, 0.2) is 0 Å². The monoisotopic (exact) mass is 310 g/mol. The summed E-state index contributed by atoms with van der Waals surface area (Å²) in [6, 6.07) is 8.06. The fourth-order valence-electron chi connectivity index (χ4n) is 1.90. The van der Waals surface area contributed by atoms with Crippen LogP contribution in [0.2, 0.25) is 0 Å². The number of aryl methyl sites for hydroxylation is 1. The van der Waals surface area contributed by atoms with Gasteiger partial charge in [0.2, 0.25) is 0 Å². The lowest BCUT2D eigenvalue weighted by molar-refractivity contribution is -0.142. The third kappa shape index (κ3) is 10.2. The molecular formula is C17H26O5. The summed E-state index contributed by atoms with van der Waals surface area (Å²) in [5.74, 6) is -0.00795. The molecule has 0 aromatic heterocycles. The average Bonchev–Trinajstić information content (AvgIpc) is 2.48. The molecule has 0 atom stereocenters. The topological polar surface area (TPSA) is 65.0 Å². The minimum Gasteiger partial charge on any atom is -0.494 e. The predicted molar refractivity (Wildman–Crippen MR) is 84.4 cm³/mol. The number of hydrogen-bond acceptors (Lipinski definition) is 4. The standard InChI is InChI=1S/C17H26O5/c1-15-7-5-8-16(13-15)22-12-4-2-3-9-20-10-6-11-21-14-17(18)19/h5,7-8,13H,2-4,6,9-12,14H2,1H3,(H,18,19). The maximum absolute atomic E-state index is 10.2. The summed E-state index contributed by atoms with van der Waals surface area (Å²) < 4.78 is 16.0. The number of rotatable bonds is 13. The molecule has 0 heterocycles. The van der Waals surface area contributed by atoms with E-state index in [2.05, 4.69) is 13.0 Å². The third-order valence-electron chi connectivity index (χ3n) is 2.99. The maximum atomic E-state index is 10.2. The van der Waals surface area contributed by atoms with E-state index < -0.39 is 5.97 Å². The van der Waals surface area contributed by atoms with Gasteiger partial charge < -0.3 is 19.3 Å². The Balaban J connectivity index is 1.83. The highest BCUT2D eigenvalue weighted by Gasteiger charge is 1.97. The summed E-state index contributed by atoms with van der Waals surface area (Å²) in [4.78, 5) is 10.2. The number of carboxylic acid groups (broad SMARTS) is 1. The molecule has 0 spiro atoms. The van der Waals surface area contributed by atoms with E-state index >= 15 is 0 Å². The molecule has 5 nitrogen and oxygen atoms in total. The van der Waals surface area contributed by atoms with E-state index in [9.17, 15) is 4.79 Å². The van der Waals surface area contributed by atoms with Gasteiger partial charge in [-0.05, 0) is 50.3 Å². The van der Waals surface area contributed by atoms with Crippen molar-refractivity contribution >= 4 is 5.97 Å². The van der Waals surface area contributed by atoms with Crippen molar-refractivity contribution in [2.75, 3.05) is 33.0 Å². The number of carboxylic acids is 1. The van der Waals surface area contributed by atoms with Crippen LogP contribution in [0.15, 0.2) is 24.3 Å². The molecule has 0 radical (unpaired) electrons. The van der Waals surface area contributed by atoms with E-state index in [-0.39, 0.29) is 6.61 Å². The molecule has 22 heavy (non-hydrogen) atoms. The predicted octanol–water partition coefficient (Wildman–Crippen LogP) is 3.05. The Morgan fingerprint density at radius 1 is 1.00 bits per heavy atom. The minimum absolute atomic E-state index is 0.235. The zero-order valence-corrected chi connectivity index (χ0v) is 13.3. The Morgan fingerprint density at radius 2 is 1.73 bits per heavy atom. The van der Waals surface area contributed by atoms with Crippen molar-refractivity contribution in [2.45, 2.75) is 32.6 Å². The summed E-state index contributed by atoms with van der Waals surface area (Å²) in [5.41, 5.74) is 1.21. The number of unbranched alkanes of at least 4 members (excludes halogenated alkanes) is 2. The van der Waals surface area contributed by atoms with Gasteiger partial charge in [-0.1, -0.05) is 12.1 Å². The molecule has 0 bridgehead atoms. The van der Waals surface area contributed by atoms with E-state index in [4.69, 9.17) is 19.3 Å². The van der Waals surface area contributed by atoms with Crippen LogP contribution < -0.4 is 4.74 Å². The second-order valence-electron chi connectivity index (χ2n) is 5.14. The van der Waals surface area contributed by atoms with Crippen LogP contribution in [0.3, 0.4) is 0 Å². The molecule has 0 aliphatic rings. The first-order valence-corrected chi connectivity index (χ1v) is 7.75. The van der Waals surface area contributed by atoms with Gasteiger partial charge >= 0.3 is 5.97 Å². The normalized spacial score (nSPS) is 10.6. The molecule has 0 amide bonds. The molecule has 1 aromatic rings. The first-order valence-electron chi connectivity index (χ1n) is 7.75. The Morgan fingerprint density at radius 3 is 2.50 bits per heavy atom. The highest BCUT2D eigenvalue weighted by Crippen LogP contribution is 2.12. The lowest BCUT2D eigenvalue weighted by atomic mass is 10.2. The zero-order chi connectivity index (χ0) is 16.0. The highest BCUT2D eigenvalue weighted by atomic mass is 16.5. The molecule has 0 fully saturated rings. The molecular weight excluding hydrogens is 284 g/mol. The molecule has 1 N–H and O–H groups in total. The van der Waals surface area contributed by atoms with Crippen molar-refractivity contribution in [2.24, 2.45) is 0 Å². The average molecular weight is 310 g/mol. The van der Waals surface area contributed by atoms with Crippen molar-refractivity contribution in [3.8, 4) is 5.75 Å². The molecule has 0 aliphatic heterocycles. The summed E-state index contributed by atoms with van der Waals surface area (Å²) in [6.07, 6.45) is 3.82. The quantitative estimate of drug-likeness (QED) is 0.567. The fourth-order valence-corrected chi connectivity index (χ4v) is 1.90. The van der Waals surface area contributed by atoms with Gasteiger partial charge in [-0.3, -0.25) is 0 Å². The van der Waals surface area contributed by atoms with E-state index in [1.165, 1.54) is 5.56 Å². The highest BCUT2D eigenvalue weighted by molar-refractivity contribution is 5.67. The number of aliphatic carboxylic acids is 1. The number of ether oxygens (including phenoxy) is 3. The summed E-state index contributed by atoms with van der Waals surface area (Å²) in [6.45, 7) is 4.31. The van der Waals surface area contributed by atoms with E-state index in [1.54, 1.807) is 0 Å². The smallest absolute Gasteiger partial charge is 0.329 e. The Hall–Kier alpha value is -1.59. The lowest BCUT2D eigenvalue weighted by Crippen LogP contribution is -2.09. The Kier molecular flexibility index (Phi) is 10.1. The van der Waals surface area contributed by atoms with Gasteiger partial charge in [0, 0.05) is 19.8 Å². The largest absolute Gasteiger partial charge is 0.494 e. The molecule has 5 heteroatoms. The van der Waals surface area contributed by atoms with Crippen LogP contribution in [0.4, 0.5) is 0 Å². The second kappa shape index (κ2) is 12.0. The SMILES string of the molecule is Cc1cccc(OCCCCCOCCCOCC(=O)O)c1. The fraction of sp³-hybridized carbons (Fsp3) is 0.588. The number of benzene rings is 1. The number of carbonyl (C=O) groups is 1. The Labute approximate surface area is 132 Å². The molecule has 124 valence electrons. The van der Waals surface area contributed by atoms with Crippen LogP contribution >= 0.6 is 0 Å². The van der Waals surface area contributed by atoms with Crippen LogP contribution in [0, 0.1) is 6.92 Å². The first-order chi connectivity index (χ1) is 10.7. The second-order valence-corrected chi connectivity index (χ2v) is 5.14. The maximum Gasteiger partial charge on any atom is 0.329 e. The minimum atomic E-state index is -0.936. The van der Waals surface area contributed by atoms with Crippen LogP contribution in [0.1, 0.15) is 31.2 Å². The van der Waals surface area contributed by atoms with E-state index in [0.717, 1.165) is 44.6 Å². The van der Waals surface area contributed by atoms with Gasteiger partial charge in [-0.25, -0.2) is 4.79 Å². The van der Waals surface area contributed by atoms with Gasteiger partial charge in [0.1, 0.15) is 12.4 Å². The molecule has 0 unspecified atom stereocenters. The van der Waals surface area contributed by atoms with Crippen LogP contribution in [0.25, 0.3) is 0 Å². The summed E-state index contributed by atoms with van der Waals surface area (Å²) >= 11 is 0. The summed E-state index contributed by atoms with van der Waals surface area (Å²) in [5, 5.41) is 8.38. The molecule has 1 aromatic carbocycles. The molecule has 0 saturated heterocycles. The van der Waals surface area contributed by atoms with E-state index in [1.807, 2.05) is 18.2 Å². The lowest BCUT2D eigenvalue weighted by Gasteiger charge is -2.07. The summed E-state index contributed by atoms with van der Waals surface area (Å²) in [7, 11) is 0. The van der Waals surface area contributed by atoms with Crippen molar-refractivity contribution in [3.05, 3.63) is 29.8 Å². The van der Waals surface area contributed by atoms with Gasteiger partial charge in [0.05, 0.1) is 6.61 Å². The van der Waals surface area contributed by atoms with Crippen molar-refractivity contribution in [1.82, 2.24) is 0 Å². The third-order valence-corrected chi connectivity index (χ3v) is 2.99. The van der Waals surface area contributed by atoms with E-state index in [0.29, 0.717) is 13.2 Å². The van der Waals surface area contributed by atoms with Crippen molar-refractivity contribution in [1.29, 1.82) is 0 Å². The molecule has 1 rings (SSSR count). The number of hydrogen-bond donors (Lipinski definition) is 1. The van der Waals surface area contributed by atoms with Gasteiger partial charge in [0.25, 0.3) is 0 Å². The first kappa shape index (κ1) is 18.5. The Bertz CT molecular complexity index is 419.